The van der Waals surface area contributed by atoms with Crippen LogP contribution in [0.2, 0.25) is 0 Å². The molecule has 1 aliphatic carbocycles. The van der Waals surface area contributed by atoms with Gasteiger partial charge < -0.3 is 4.74 Å². The summed E-state index contributed by atoms with van der Waals surface area (Å²) in [5.41, 5.74) is 1.63. The Labute approximate surface area is 123 Å². The highest BCUT2D eigenvalue weighted by molar-refractivity contribution is 7.19. The molecule has 3 atom stereocenters. The van der Waals surface area contributed by atoms with Crippen LogP contribution in [0.15, 0.2) is 18.2 Å². The van der Waals surface area contributed by atoms with Gasteiger partial charge in [0, 0.05) is 34.6 Å². The van der Waals surface area contributed by atoms with Crippen LogP contribution in [0.25, 0.3) is 10.1 Å². The van der Waals surface area contributed by atoms with Crippen LogP contribution in [-0.4, -0.2) is 31.1 Å². The molecule has 2 fully saturated rings. The summed E-state index contributed by atoms with van der Waals surface area (Å²) in [5.74, 6) is 2.78. The molecular weight excluding hydrogens is 266 g/mol. The van der Waals surface area contributed by atoms with Gasteiger partial charge in [-0.2, -0.15) is 0 Å². The van der Waals surface area contributed by atoms with Crippen molar-refractivity contribution in [2.45, 2.75) is 31.2 Å². The van der Waals surface area contributed by atoms with Crippen LogP contribution < -0.4 is 4.74 Å². The molecule has 0 amide bonds. The van der Waals surface area contributed by atoms with E-state index in [1.807, 2.05) is 11.3 Å². The van der Waals surface area contributed by atoms with Crippen molar-refractivity contribution >= 4 is 21.4 Å². The van der Waals surface area contributed by atoms with Gasteiger partial charge in [-0.3, -0.25) is 4.90 Å². The third-order valence-corrected chi connectivity index (χ3v) is 6.95. The molecule has 1 saturated heterocycles. The summed E-state index contributed by atoms with van der Waals surface area (Å²) < 4.78 is 6.88. The molecule has 1 aromatic carbocycles. The maximum absolute atomic E-state index is 5.42. The number of hydrogen-bond acceptors (Lipinski definition) is 3. The molecule has 0 spiro atoms. The fourth-order valence-electron chi connectivity index (χ4n) is 4.76. The van der Waals surface area contributed by atoms with E-state index in [4.69, 9.17) is 4.74 Å². The zero-order valence-electron chi connectivity index (χ0n) is 11.8. The number of hydrogen-bond donors (Lipinski definition) is 0. The van der Waals surface area contributed by atoms with E-state index >= 15 is 0 Å². The lowest BCUT2D eigenvalue weighted by Gasteiger charge is -2.30. The predicted octanol–water partition coefficient (Wildman–Crippen LogP) is 3.64. The number of fused-ring (bicyclic) bond motifs is 5. The number of methoxy groups -OCH3 is 1. The lowest BCUT2D eigenvalue weighted by atomic mass is 9.95. The van der Waals surface area contributed by atoms with E-state index in [9.17, 15) is 0 Å². The Bertz CT molecular complexity index is 692. The normalized spacial score (nSPS) is 31.6. The standard InChI is InChI=1S/C17H19NOS/c1-19-11-2-3-16-13(8-11)12-4-5-18-9-10-6-14(15(18)7-10)17(12)20-16/h2-3,8,10,14-15H,4-7,9H2,1H3/t10-,14+,15-/m0/s1. The van der Waals surface area contributed by atoms with E-state index in [0.29, 0.717) is 0 Å². The number of piperidine rings is 1. The summed E-state index contributed by atoms with van der Waals surface area (Å²) in [6.07, 6.45) is 4.10. The average Bonchev–Trinajstić information content (AvgIpc) is 3.14. The fraction of sp³-hybridized carbons (Fsp3) is 0.529. The van der Waals surface area contributed by atoms with Gasteiger partial charge in [-0.05, 0) is 54.3 Å². The van der Waals surface area contributed by atoms with Crippen molar-refractivity contribution in [3.8, 4) is 5.75 Å². The molecule has 0 N–H and O–H groups in total. The average molecular weight is 285 g/mol. The number of thiophene rings is 1. The highest BCUT2D eigenvalue weighted by Gasteiger charge is 2.47. The van der Waals surface area contributed by atoms with Gasteiger partial charge in [-0.25, -0.2) is 0 Å². The minimum absolute atomic E-state index is 0.814. The molecule has 3 heteroatoms. The number of ether oxygens (including phenoxy) is 1. The van der Waals surface area contributed by atoms with Crippen LogP contribution in [-0.2, 0) is 6.42 Å². The summed E-state index contributed by atoms with van der Waals surface area (Å²) in [6, 6.07) is 7.44. The second-order valence-electron chi connectivity index (χ2n) is 6.56. The lowest BCUT2D eigenvalue weighted by Crippen LogP contribution is -2.36. The minimum atomic E-state index is 0.814. The monoisotopic (exact) mass is 285 g/mol. The first-order valence-corrected chi connectivity index (χ1v) is 8.48. The third kappa shape index (κ3) is 1.43. The molecule has 0 unspecified atom stereocenters. The highest BCUT2D eigenvalue weighted by Crippen LogP contribution is 2.52. The summed E-state index contributed by atoms with van der Waals surface area (Å²) in [5, 5.41) is 1.45. The maximum Gasteiger partial charge on any atom is 0.119 e. The zero-order valence-corrected chi connectivity index (χ0v) is 12.6. The minimum Gasteiger partial charge on any atom is -0.497 e. The van der Waals surface area contributed by atoms with Crippen molar-refractivity contribution in [2.75, 3.05) is 20.2 Å². The van der Waals surface area contributed by atoms with Crippen molar-refractivity contribution in [2.24, 2.45) is 5.92 Å². The molecule has 20 heavy (non-hydrogen) atoms. The Morgan fingerprint density at radius 3 is 3.10 bits per heavy atom. The largest absolute Gasteiger partial charge is 0.497 e. The van der Waals surface area contributed by atoms with Crippen LogP contribution in [0.1, 0.15) is 29.2 Å². The molecule has 2 nitrogen and oxygen atoms in total. The SMILES string of the molecule is COc1ccc2sc3c(c2c1)CCN1C[C@H]2C[C@@H]3[C@@H]1C2. The van der Waals surface area contributed by atoms with Crippen molar-refractivity contribution in [1.82, 2.24) is 4.90 Å². The van der Waals surface area contributed by atoms with Crippen LogP contribution in [0.5, 0.6) is 5.75 Å². The van der Waals surface area contributed by atoms with Gasteiger partial charge in [-0.15, -0.1) is 11.3 Å². The Kier molecular flexibility index (Phi) is 2.31. The van der Waals surface area contributed by atoms with Crippen molar-refractivity contribution < 1.29 is 4.74 Å². The van der Waals surface area contributed by atoms with E-state index in [1.165, 1.54) is 42.4 Å². The van der Waals surface area contributed by atoms with Crippen LogP contribution in [0.3, 0.4) is 0 Å². The van der Waals surface area contributed by atoms with Gasteiger partial charge in [0.05, 0.1) is 7.11 Å². The summed E-state index contributed by atoms with van der Waals surface area (Å²) in [4.78, 5) is 4.46. The molecule has 3 heterocycles. The third-order valence-electron chi connectivity index (χ3n) is 5.60. The fourth-order valence-corrected chi connectivity index (χ4v) is 6.17. The molecule has 2 aromatic rings. The van der Waals surface area contributed by atoms with E-state index in [0.717, 1.165) is 23.6 Å². The molecule has 2 aliphatic heterocycles. The molecule has 1 aromatic heterocycles. The summed E-state index contributed by atoms with van der Waals surface area (Å²) in [6.45, 7) is 2.62. The smallest absolute Gasteiger partial charge is 0.119 e. The predicted molar refractivity (Wildman–Crippen MR) is 82.9 cm³/mol. The van der Waals surface area contributed by atoms with E-state index in [-0.39, 0.29) is 0 Å². The highest BCUT2D eigenvalue weighted by atomic mass is 32.1. The van der Waals surface area contributed by atoms with Crippen LogP contribution in [0.4, 0.5) is 0 Å². The Balaban J connectivity index is 1.71. The second-order valence-corrected chi connectivity index (χ2v) is 7.65. The molecule has 2 bridgehead atoms. The first kappa shape index (κ1) is 11.6. The summed E-state index contributed by atoms with van der Waals surface area (Å²) >= 11 is 2.05. The second kappa shape index (κ2) is 3.99. The first-order valence-electron chi connectivity index (χ1n) is 7.67. The Morgan fingerprint density at radius 2 is 2.25 bits per heavy atom. The van der Waals surface area contributed by atoms with Crippen LogP contribution in [0, 0.1) is 5.92 Å². The molecule has 1 saturated carbocycles. The van der Waals surface area contributed by atoms with Crippen molar-refractivity contribution in [1.29, 1.82) is 0 Å². The topological polar surface area (TPSA) is 12.5 Å². The number of rotatable bonds is 1. The van der Waals surface area contributed by atoms with Gasteiger partial charge in [0.15, 0.2) is 0 Å². The molecular formula is C17H19NOS. The number of benzene rings is 1. The van der Waals surface area contributed by atoms with Crippen LogP contribution >= 0.6 is 11.3 Å². The van der Waals surface area contributed by atoms with Gasteiger partial charge in [-0.1, -0.05) is 0 Å². The quantitative estimate of drug-likeness (QED) is 0.793. The number of nitrogens with zero attached hydrogens (tertiary/aromatic N) is 1. The van der Waals surface area contributed by atoms with E-state index in [2.05, 4.69) is 23.1 Å². The molecule has 5 rings (SSSR count). The summed E-state index contributed by atoms with van der Waals surface area (Å²) in [7, 11) is 1.76. The van der Waals surface area contributed by atoms with Gasteiger partial charge in [0.25, 0.3) is 0 Å². The zero-order chi connectivity index (χ0) is 13.3. The van der Waals surface area contributed by atoms with Crippen molar-refractivity contribution in [3.05, 3.63) is 28.6 Å². The van der Waals surface area contributed by atoms with Crippen molar-refractivity contribution in [3.63, 3.8) is 0 Å². The van der Waals surface area contributed by atoms with Gasteiger partial charge in [0.1, 0.15) is 5.75 Å². The molecule has 104 valence electrons. The van der Waals surface area contributed by atoms with Gasteiger partial charge in [0.2, 0.25) is 0 Å². The Morgan fingerprint density at radius 1 is 1.30 bits per heavy atom. The molecule has 3 aliphatic rings. The maximum atomic E-state index is 5.42. The van der Waals surface area contributed by atoms with E-state index < -0.39 is 0 Å². The van der Waals surface area contributed by atoms with E-state index in [1.54, 1.807) is 17.6 Å². The molecule has 0 radical (unpaired) electrons. The Hall–Kier alpha value is -1.06. The lowest BCUT2D eigenvalue weighted by molar-refractivity contribution is 0.204. The first-order chi connectivity index (χ1) is 9.83. The van der Waals surface area contributed by atoms with Gasteiger partial charge >= 0.3 is 0 Å².